The van der Waals surface area contributed by atoms with E-state index in [2.05, 4.69) is 22.2 Å². The molecule has 2 saturated heterocycles. The maximum Gasteiger partial charge on any atom is 0.408 e. The number of carbonyl (C=O) groups is 4. The molecular formula is C37H49N5O11S. The van der Waals surface area contributed by atoms with Gasteiger partial charge >= 0.3 is 16.4 Å². The van der Waals surface area contributed by atoms with Gasteiger partial charge in [-0.3, -0.25) is 14.4 Å². The summed E-state index contributed by atoms with van der Waals surface area (Å²) in [6.07, 6.45) is 3.58. The molecule has 0 spiro atoms. The highest BCUT2D eigenvalue weighted by molar-refractivity contribution is 7.85. The lowest BCUT2D eigenvalue weighted by Crippen LogP contribution is -2.59. The predicted molar refractivity (Wildman–Crippen MR) is 194 cm³/mol. The number of likely N-dealkylation sites (tertiary alicyclic amines) is 1. The normalized spacial score (nSPS) is 25.6. The highest BCUT2D eigenvalue weighted by atomic mass is 32.2. The number of alkyl carbamates (subject to hydrolysis) is 1. The van der Waals surface area contributed by atoms with Gasteiger partial charge in [-0.15, -0.1) is 6.58 Å². The molecule has 2 aromatic rings. The molecule has 1 aromatic carbocycles. The summed E-state index contributed by atoms with van der Waals surface area (Å²) < 4.78 is 55.5. The van der Waals surface area contributed by atoms with Crippen molar-refractivity contribution in [1.29, 1.82) is 0 Å². The van der Waals surface area contributed by atoms with Crippen LogP contribution in [0.2, 0.25) is 0 Å². The number of methoxy groups -OCH3 is 1. The number of ether oxygens (including phenoxy) is 4. The van der Waals surface area contributed by atoms with E-state index in [1.54, 1.807) is 59.2 Å². The van der Waals surface area contributed by atoms with Crippen LogP contribution in [0.1, 0.15) is 66.2 Å². The zero-order valence-electron chi connectivity index (χ0n) is 31.2. The van der Waals surface area contributed by atoms with E-state index in [4.69, 9.17) is 23.1 Å². The number of aromatic nitrogens is 1. The third kappa shape index (κ3) is 8.90. The maximum atomic E-state index is 14.7. The molecule has 0 unspecified atom stereocenters. The molecule has 54 heavy (non-hydrogen) atoms. The van der Waals surface area contributed by atoms with E-state index in [0.717, 1.165) is 5.39 Å². The molecule has 294 valence electrons. The van der Waals surface area contributed by atoms with Crippen molar-refractivity contribution in [3.8, 4) is 11.6 Å². The van der Waals surface area contributed by atoms with Crippen molar-refractivity contribution in [2.75, 3.05) is 26.9 Å². The average molecular weight is 772 g/mol. The van der Waals surface area contributed by atoms with Crippen molar-refractivity contribution in [1.82, 2.24) is 25.2 Å². The van der Waals surface area contributed by atoms with Crippen LogP contribution < -0.4 is 24.8 Å². The van der Waals surface area contributed by atoms with Crippen LogP contribution in [0.25, 0.3) is 10.8 Å². The predicted octanol–water partition coefficient (Wildman–Crippen LogP) is 2.90. The van der Waals surface area contributed by atoms with Crippen LogP contribution in [-0.4, -0.2) is 104 Å². The van der Waals surface area contributed by atoms with E-state index in [-0.39, 0.29) is 31.2 Å². The Morgan fingerprint density at radius 2 is 1.85 bits per heavy atom. The van der Waals surface area contributed by atoms with Crippen molar-refractivity contribution in [2.24, 2.45) is 11.8 Å². The molecular weight excluding hydrogens is 722 g/mol. The fraction of sp³-hybridized carbons (Fsp3) is 0.595. The van der Waals surface area contributed by atoms with Crippen LogP contribution in [0.3, 0.4) is 0 Å². The minimum absolute atomic E-state index is 0.00501. The van der Waals surface area contributed by atoms with Crippen LogP contribution in [0, 0.1) is 11.8 Å². The van der Waals surface area contributed by atoms with Gasteiger partial charge in [0.1, 0.15) is 35.1 Å². The lowest BCUT2D eigenvalue weighted by molar-refractivity contribution is -0.142. The van der Waals surface area contributed by atoms with Gasteiger partial charge in [0.25, 0.3) is 5.91 Å². The van der Waals surface area contributed by atoms with Crippen LogP contribution in [0.15, 0.2) is 43.1 Å². The zero-order chi connectivity index (χ0) is 39.1. The first-order valence-electron chi connectivity index (χ1n) is 18.1. The number of carbonyl (C=O) groups excluding carboxylic acids is 4. The molecule has 16 nitrogen and oxygen atoms in total. The Morgan fingerprint density at radius 3 is 2.48 bits per heavy atom. The molecule has 0 radical (unpaired) electrons. The van der Waals surface area contributed by atoms with E-state index < -0.39 is 75.0 Å². The van der Waals surface area contributed by atoms with Crippen LogP contribution >= 0.6 is 0 Å². The molecule has 4 amide bonds. The number of fused-ring (bicyclic) bond motifs is 1. The smallest absolute Gasteiger partial charge is 0.408 e. The standard InChI is InChI=1S/C37H49N5O11S/c1-7-24-20-37(24,33(45)41-54(47,48)53-36(5)13-14-36)40-30(43)28-19-26(51-31-27-9-8-25(49-6)18-23(27)10-15-38-31)21-42(28)32(44)29(22-11-16-50-17-12-22)39-34(46)52-35(2,3)4/h7-10,15,18,22,24,26,28-29H,1,11-14,16-17,19-21H2,2-6H3,(H,39,46)(H,40,43)(H,41,45)/t24-,26-,28+,29+,37-/m1/s1. The van der Waals surface area contributed by atoms with E-state index in [9.17, 15) is 27.6 Å². The number of amides is 4. The topological polar surface area (TPSA) is 201 Å². The highest BCUT2D eigenvalue weighted by Crippen LogP contribution is 2.46. The molecule has 6 rings (SSSR count). The number of rotatable bonds is 13. The van der Waals surface area contributed by atoms with Gasteiger partial charge in [0.2, 0.25) is 17.7 Å². The Bertz CT molecular complexity index is 1910. The Balaban J connectivity index is 1.29. The van der Waals surface area contributed by atoms with Crippen LogP contribution in [0.5, 0.6) is 11.6 Å². The molecule has 2 saturated carbocycles. The van der Waals surface area contributed by atoms with Gasteiger partial charge in [0.05, 0.1) is 19.3 Å². The fourth-order valence-corrected chi connectivity index (χ4v) is 8.16. The van der Waals surface area contributed by atoms with Crippen molar-refractivity contribution in [2.45, 2.75) is 101 Å². The van der Waals surface area contributed by atoms with Gasteiger partial charge in [-0.1, -0.05) is 6.08 Å². The van der Waals surface area contributed by atoms with Crippen molar-refractivity contribution in [3.05, 3.63) is 43.1 Å². The molecule has 2 aliphatic heterocycles. The first-order chi connectivity index (χ1) is 25.4. The number of hydrogen-bond acceptors (Lipinski definition) is 12. The summed E-state index contributed by atoms with van der Waals surface area (Å²) in [7, 11) is -2.93. The molecule has 0 bridgehead atoms. The zero-order valence-corrected chi connectivity index (χ0v) is 32.0. The highest BCUT2D eigenvalue weighted by Gasteiger charge is 2.62. The molecule has 4 fully saturated rings. The van der Waals surface area contributed by atoms with Crippen molar-refractivity contribution < 1.29 is 50.7 Å². The summed E-state index contributed by atoms with van der Waals surface area (Å²) >= 11 is 0. The van der Waals surface area contributed by atoms with Gasteiger partial charge in [-0.2, -0.15) is 8.42 Å². The summed E-state index contributed by atoms with van der Waals surface area (Å²) in [5, 5.41) is 7.00. The summed E-state index contributed by atoms with van der Waals surface area (Å²) in [6, 6.07) is 4.94. The van der Waals surface area contributed by atoms with Crippen LogP contribution in [0.4, 0.5) is 4.79 Å². The largest absolute Gasteiger partial charge is 0.497 e. The van der Waals surface area contributed by atoms with Crippen molar-refractivity contribution in [3.63, 3.8) is 0 Å². The summed E-state index contributed by atoms with van der Waals surface area (Å²) in [5.74, 6) is -2.23. The quantitative estimate of drug-likeness (QED) is 0.252. The SMILES string of the molecule is C=C[C@@H]1C[C@]1(NC(=O)[C@@H]1C[C@@H](Oc2nccc3cc(OC)ccc23)CN1C(=O)[C@@H](NC(=O)OC(C)(C)C)C1CCOCC1)C(=O)NS(=O)(=O)OC1(C)CC1. The van der Waals surface area contributed by atoms with Gasteiger partial charge in [0.15, 0.2) is 0 Å². The molecule has 2 aliphatic carbocycles. The Morgan fingerprint density at radius 1 is 1.13 bits per heavy atom. The number of nitrogens with one attached hydrogen (secondary N) is 3. The molecule has 5 atom stereocenters. The average Bonchev–Trinajstić information content (AvgIpc) is 3.98. The maximum absolute atomic E-state index is 14.7. The van der Waals surface area contributed by atoms with Crippen LogP contribution in [-0.2, 0) is 38.3 Å². The minimum Gasteiger partial charge on any atom is -0.497 e. The lowest BCUT2D eigenvalue weighted by Gasteiger charge is -2.35. The second-order valence-corrected chi connectivity index (χ2v) is 17.0. The second kappa shape index (κ2) is 15.0. The summed E-state index contributed by atoms with van der Waals surface area (Å²) in [6.45, 7) is 11.2. The minimum atomic E-state index is -4.49. The molecule has 3 heterocycles. The number of nitrogens with zero attached hydrogens (tertiary/aromatic N) is 2. The summed E-state index contributed by atoms with van der Waals surface area (Å²) in [5.41, 5.74) is -3.38. The number of hydrogen-bond donors (Lipinski definition) is 3. The van der Waals surface area contributed by atoms with E-state index >= 15 is 0 Å². The molecule has 3 N–H and O–H groups in total. The van der Waals surface area contributed by atoms with Gasteiger partial charge in [-0.25, -0.2) is 18.7 Å². The first kappa shape index (κ1) is 39.2. The van der Waals surface area contributed by atoms with E-state index in [1.165, 1.54) is 11.0 Å². The fourth-order valence-electron chi connectivity index (χ4n) is 7.01. The van der Waals surface area contributed by atoms with Gasteiger partial charge < -0.3 is 34.5 Å². The Labute approximate surface area is 314 Å². The Kier molecular flexibility index (Phi) is 10.9. The molecule has 4 aliphatic rings. The third-order valence-electron chi connectivity index (χ3n) is 10.3. The van der Waals surface area contributed by atoms with Crippen molar-refractivity contribution >= 4 is 44.9 Å². The molecule has 17 heteroatoms. The lowest BCUT2D eigenvalue weighted by atomic mass is 9.90. The summed E-state index contributed by atoms with van der Waals surface area (Å²) in [4.78, 5) is 61.5. The van der Waals surface area contributed by atoms with E-state index in [1.807, 2.05) is 10.8 Å². The van der Waals surface area contributed by atoms with Gasteiger partial charge in [-0.05, 0) is 95.4 Å². The van der Waals surface area contributed by atoms with E-state index in [0.29, 0.717) is 50.0 Å². The molecule has 1 aromatic heterocycles. The first-order valence-corrected chi connectivity index (χ1v) is 19.6. The second-order valence-electron chi connectivity index (χ2n) is 15.7. The number of pyridine rings is 1. The Hall–Kier alpha value is -4.48. The third-order valence-corrected chi connectivity index (χ3v) is 11.3. The monoisotopic (exact) mass is 771 g/mol. The van der Waals surface area contributed by atoms with Gasteiger partial charge in [0, 0.05) is 37.1 Å². The number of benzene rings is 1.